The van der Waals surface area contributed by atoms with E-state index in [1.807, 2.05) is 6.92 Å². The van der Waals surface area contributed by atoms with E-state index in [0.717, 1.165) is 32.4 Å². The SMILES string of the molecule is CCCCOC(=O)n1c(=O)n(C)c2ccc(-n3cc(C(=O)OCC)c(=O)n([C@@H]4CCc5c4cccc5C(F)(F)F)c3=O)cc21. The number of aryl methyl sites for hydroxylation is 1. The monoisotopic (exact) mass is 614 g/mol. The Labute approximate surface area is 247 Å². The molecule has 0 spiro atoms. The van der Waals surface area contributed by atoms with E-state index in [9.17, 15) is 37.1 Å². The van der Waals surface area contributed by atoms with Crippen LogP contribution in [0, 0.1) is 0 Å². The molecule has 0 radical (unpaired) electrons. The number of esters is 1. The fraction of sp³-hybridized carbons (Fsp3) is 0.367. The molecule has 2 aromatic carbocycles. The Morgan fingerprint density at radius 2 is 1.75 bits per heavy atom. The highest BCUT2D eigenvalue weighted by Crippen LogP contribution is 2.41. The molecule has 232 valence electrons. The average molecular weight is 615 g/mol. The zero-order valence-electron chi connectivity index (χ0n) is 24.1. The van der Waals surface area contributed by atoms with Crippen molar-refractivity contribution >= 4 is 23.1 Å². The number of aromatic nitrogens is 4. The van der Waals surface area contributed by atoms with Gasteiger partial charge in [-0.15, -0.1) is 0 Å². The van der Waals surface area contributed by atoms with Crippen LogP contribution in [0.5, 0.6) is 0 Å². The second kappa shape index (κ2) is 11.7. The summed E-state index contributed by atoms with van der Waals surface area (Å²) in [5.74, 6) is -1.03. The van der Waals surface area contributed by atoms with Crippen LogP contribution in [0.25, 0.3) is 16.7 Å². The van der Waals surface area contributed by atoms with Crippen LogP contribution < -0.4 is 16.9 Å². The van der Waals surface area contributed by atoms with Crippen LogP contribution in [0.1, 0.15) is 66.2 Å². The Bertz CT molecular complexity index is 1970. The number of fused-ring (bicyclic) bond motifs is 2. The second-order valence-electron chi connectivity index (χ2n) is 10.3. The Morgan fingerprint density at radius 3 is 2.43 bits per heavy atom. The Kier molecular flexibility index (Phi) is 8.10. The van der Waals surface area contributed by atoms with Gasteiger partial charge in [0.25, 0.3) is 5.56 Å². The van der Waals surface area contributed by atoms with Crippen molar-refractivity contribution in [2.75, 3.05) is 13.2 Å². The minimum atomic E-state index is -4.64. The lowest BCUT2D eigenvalue weighted by Gasteiger charge is -2.19. The Morgan fingerprint density at radius 1 is 1.00 bits per heavy atom. The van der Waals surface area contributed by atoms with Crippen molar-refractivity contribution in [1.29, 1.82) is 0 Å². The number of benzene rings is 2. The van der Waals surface area contributed by atoms with Gasteiger partial charge < -0.3 is 9.47 Å². The lowest BCUT2D eigenvalue weighted by atomic mass is 10.0. The average Bonchev–Trinajstić information content (AvgIpc) is 3.51. The number of imidazole rings is 1. The number of unbranched alkanes of at least 4 members (excludes halogenated alkanes) is 1. The summed E-state index contributed by atoms with van der Waals surface area (Å²) in [5, 5.41) is 0. The first kappa shape index (κ1) is 30.6. The number of halogens is 3. The van der Waals surface area contributed by atoms with Crippen molar-refractivity contribution in [1.82, 2.24) is 18.3 Å². The van der Waals surface area contributed by atoms with E-state index in [1.165, 1.54) is 48.9 Å². The molecule has 0 N–H and O–H groups in total. The molecule has 0 aliphatic heterocycles. The third-order valence-electron chi connectivity index (χ3n) is 7.69. The van der Waals surface area contributed by atoms with Crippen molar-refractivity contribution in [3.8, 4) is 5.69 Å². The smallest absolute Gasteiger partial charge is 0.422 e. The predicted octanol–water partition coefficient (Wildman–Crippen LogP) is 4.17. The van der Waals surface area contributed by atoms with E-state index in [0.29, 0.717) is 11.9 Å². The molecule has 44 heavy (non-hydrogen) atoms. The lowest BCUT2D eigenvalue weighted by Crippen LogP contribution is -2.44. The molecule has 0 saturated carbocycles. The molecular formula is C30H29F3N4O7. The lowest BCUT2D eigenvalue weighted by molar-refractivity contribution is -0.138. The number of hydrogen-bond donors (Lipinski definition) is 0. The minimum absolute atomic E-state index is 0.00468. The first-order valence-corrected chi connectivity index (χ1v) is 14.0. The molecule has 14 heteroatoms. The molecule has 5 rings (SSSR count). The number of carbonyl (C=O) groups excluding carboxylic acids is 2. The molecule has 0 fully saturated rings. The highest BCUT2D eigenvalue weighted by Gasteiger charge is 2.38. The molecule has 0 unspecified atom stereocenters. The molecule has 0 saturated heterocycles. The summed E-state index contributed by atoms with van der Waals surface area (Å²) in [6.45, 7) is 3.44. The van der Waals surface area contributed by atoms with Gasteiger partial charge in [0.15, 0.2) is 0 Å². The highest BCUT2D eigenvalue weighted by atomic mass is 19.4. The highest BCUT2D eigenvalue weighted by molar-refractivity contribution is 5.89. The third-order valence-corrected chi connectivity index (χ3v) is 7.69. The maximum atomic E-state index is 14.0. The van der Waals surface area contributed by atoms with Crippen molar-refractivity contribution < 1.29 is 32.2 Å². The van der Waals surface area contributed by atoms with Gasteiger partial charge in [0.05, 0.1) is 41.5 Å². The Balaban J connectivity index is 1.73. The maximum absolute atomic E-state index is 14.0. The molecule has 4 aromatic rings. The van der Waals surface area contributed by atoms with E-state index in [4.69, 9.17) is 9.47 Å². The van der Waals surface area contributed by atoms with E-state index >= 15 is 0 Å². The molecule has 0 amide bonds. The van der Waals surface area contributed by atoms with Gasteiger partial charge in [-0.25, -0.2) is 19.2 Å². The molecule has 11 nitrogen and oxygen atoms in total. The molecule has 2 aromatic heterocycles. The van der Waals surface area contributed by atoms with Crippen molar-refractivity contribution in [3.63, 3.8) is 0 Å². The first-order chi connectivity index (χ1) is 20.9. The van der Waals surface area contributed by atoms with Gasteiger partial charge in [-0.2, -0.15) is 17.7 Å². The van der Waals surface area contributed by atoms with Crippen molar-refractivity contribution in [2.24, 2.45) is 7.05 Å². The van der Waals surface area contributed by atoms with Crippen LogP contribution in [-0.2, 0) is 29.1 Å². The number of alkyl halides is 3. The second-order valence-corrected chi connectivity index (χ2v) is 10.3. The Hall–Kier alpha value is -4.88. The number of hydrogen-bond acceptors (Lipinski definition) is 7. The standard InChI is InChI=1S/C30H29F3N4O7/c1-4-6-14-44-29(42)37-24-15-17(10-12-23(24)34(3)27(37)40)35-16-20(26(39)43-5-2)25(38)36(28(35)41)22-13-11-18-19(22)8-7-9-21(18)30(31,32)33/h7-10,12,15-16,22H,4-6,11,13-14H2,1-3H3/t22-/m1/s1. The first-order valence-electron chi connectivity index (χ1n) is 14.0. The normalized spacial score (nSPS) is 14.5. The predicted molar refractivity (Wildman–Crippen MR) is 153 cm³/mol. The number of rotatable bonds is 7. The maximum Gasteiger partial charge on any atom is 0.422 e. The number of ether oxygens (including phenoxy) is 2. The summed E-state index contributed by atoms with van der Waals surface area (Å²) >= 11 is 0. The molecule has 1 aliphatic rings. The van der Waals surface area contributed by atoms with Crippen molar-refractivity contribution in [3.05, 3.63) is 96.2 Å². The summed E-state index contributed by atoms with van der Waals surface area (Å²) < 4.78 is 55.3. The van der Waals surface area contributed by atoms with Gasteiger partial charge in [-0.05, 0) is 61.6 Å². The van der Waals surface area contributed by atoms with E-state index in [1.54, 1.807) is 0 Å². The molecular weight excluding hydrogens is 585 g/mol. The topological polar surface area (TPSA) is 124 Å². The van der Waals surface area contributed by atoms with Crippen LogP contribution in [0.4, 0.5) is 18.0 Å². The summed E-state index contributed by atoms with van der Waals surface area (Å²) in [4.78, 5) is 66.3. The largest absolute Gasteiger partial charge is 0.462 e. The summed E-state index contributed by atoms with van der Waals surface area (Å²) in [6, 6.07) is 6.76. The quantitative estimate of drug-likeness (QED) is 0.226. The number of carbonyl (C=O) groups is 2. The van der Waals surface area contributed by atoms with Crippen molar-refractivity contribution in [2.45, 2.75) is 51.7 Å². The molecule has 1 atom stereocenters. The zero-order valence-corrected chi connectivity index (χ0v) is 24.1. The van der Waals surface area contributed by atoms with E-state index < -0.39 is 52.3 Å². The molecule has 1 aliphatic carbocycles. The zero-order chi connectivity index (χ0) is 31.9. The van der Waals surface area contributed by atoms with E-state index in [-0.39, 0.29) is 48.4 Å². The summed E-state index contributed by atoms with van der Waals surface area (Å²) in [5.41, 5.74) is -3.39. The van der Waals surface area contributed by atoms with Gasteiger partial charge in [0.1, 0.15) is 5.56 Å². The molecule has 2 heterocycles. The fourth-order valence-corrected chi connectivity index (χ4v) is 5.57. The van der Waals surface area contributed by atoms with Crippen LogP contribution in [-0.4, -0.2) is 43.5 Å². The molecule has 0 bridgehead atoms. The van der Waals surface area contributed by atoms with Gasteiger partial charge in [0, 0.05) is 13.2 Å². The van der Waals surface area contributed by atoms with Crippen LogP contribution >= 0.6 is 0 Å². The minimum Gasteiger partial charge on any atom is -0.462 e. The van der Waals surface area contributed by atoms with Crippen LogP contribution in [0.3, 0.4) is 0 Å². The third kappa shape index (κ3) is 5.13. The van der Waals surface area contributed by atoms with E-state index in [2.05, 4.69) is 0 Å². The van der Waals surface area contributed by atoms with Gasteiger partial charge in [0.2, 0.25) is 0 Å². The van der Waals surface area contributed by atoms with Gasteiger partial charge in [-0.3, -0.25) is 18.5 Å². The van der Waals surface area contributed by atoms with Gasteiger partial charge in [-0.1, -0.05) is 25.5 Å². The van der Waals surface area contributed by atoms with Gasteiger partial charge >= 0.3 is 29.6 Å². The fourth-order valence-electron chi connectivity index (χ4n) is 5.57. The summed E-state index contributed by atoms with van der Waals surface area (Å²) in [7, 11) is 1.46. The number of nitrogens with zero attached hydrogens (tertiary/aromatic N) is 4. The van der Waals surface area contributed by atoms with Crippen LogP contribution in [0.15, 0.2) is 57.0 Å². The van der Waals surface area contributed by atoms with Crippen LogP contribution in [0.2, 0.25) is 0 Å². The summed E-state index contributed by atoms with van der Waals surface area (Å²) in [6.07, 6.45) is -3.27.